The highest BCUT2D eigenvalue weighted by Gasteiger charge is 2.46. The van der Waals surface area contributed by atoms with Crippen molar-refractivity contribution in [2.24, 2.45) is 5.41 Å². The van der Waals surface area contributed by atoms with Crippen LogP contribution in [0.2, 0.25) is 0 Å². The van der Waals surface area contributed by atoms with Crippen LogP contribution >= 0.6 is 15.9 Å². The first-order valence-corrected chi connectivity index (χ1v) is 6.78. The maximum absolute atomic E-state index is 12.3. The van der Waals surface area contributed by atoms with Crippen LogP contribution in [0.5, 0.6) is 0 Å². The standard InChI is InChI=1S/C14H15BrN2O/c1-17(9-11-5-2-3-6-12(11)15)13(18)14(10-16)7-4-8-14/h2-3,5-6H,4,7-9H2,1H3. The molecule has 1 aromatic rings. The molecule has 18 heavy (non-hydrogen) atoms. The van der Waals surface area contributed by atoms with Gasteiger partial charge in [0.05, 0.1) is 6.07 Å². The lowest BCUT2D eigenvalue weighted by molar-refractivity contribution is -0.142. The molecule has 0 aliphatic heterocycles. The number of halogens is 1. The van der Waals surface area contributed by atoms with E-state index < -0.39 is 5.41 Å². The van der Waals surface area contributed by atoms with E-state index in [-0.39, 0.29) is 5.91 Å². The average Bonchev–Trinajstić information content (AvgIpc) is 2.31. The van der Waals surface area contributed by atoms with Crippen LogP contribution in [-0.2, 0) is 11.3 Å². The molecule has 1 fully saturated rings. The van der Waals surface area contributed by atoms with Crippen molar-refractivity contribution >= 4 is 21.8 Å². The summed E-state index contributed by atoms with van der Waals surface area (Å²) >= 11 is 3.47. The summed E-state index contributed by atoms with van der Waals surface area (Å²) in [7, 11) is 1.76. The topological polar surface area (TPSA) is 44.1 Å². The van der Waals surface area contributed by atoms with Crippen molar-refractivity contribution in [2.45, 2.75) is 25.8 Å². The van der Waals surface area contributed by atoms with E-state index in [2.05, 4.69) is 22.0 Å². The van der Waals surface area contributed by atoms with Crippen molar-refractivity contribution in [1.29, 1.82) is 5.26 Å². The van der Waals surface area contributed by atoms with Gasteiger partial charge >= 0.3 is 0 Å². The summed E-state index contributed by atoms with van der Waals surface area (Å²) in [6, 6.07) is 10.0. The molecule has 1 aliphatic carbocycles. The summed E-state index contributed by atoms with van der Waals surface area (Å²) in [5.74, 6) is -0.0491. The lowest BCUT2D eigenvalue weighted by Gasteiger charge is -2.36. The van der Waals surface area contributed by atoms with Gasteiger partial charge in [-0.15, -0.1) is 0 Å². The monoisotopic (exact) mass is 306 g/mol. The molecule has 0 unspecified atom stereocenters. The number of amides is 1. The summed E-state index contributed by atoms with van der Waals surface area (Å²) in [4.78, 5) is 13.9. The van der Waals surface area contributed by atoms with Gasteiger partial charge < -0.3 is 4.90 Å². The van der Waals surface area contributed by atoms with Gasteiger partial charge in [0.1, 0.15) is 5.41 Å². The average molecular weight is 307 g/mol. The molecule has 0 saturated heterocycles. The van der Waals surface area contributed by atoms with Gasteiger partial charge in [0.15, 0.2) is 0 Å². The molecule has 2 rings (SSSR count). The van der Waals surface area contributed by atoms with Crippen LogP contribution in [0.3, 0.4) is 0 Å². The number of nitrogens with zero attached hydrogens (tertiary/aromatic N) is 2. The molecular weight excluding hydrogens is 292 g/mol. The Morgan fingerprint density at radius 3 is 2.67 bits per heavy atom. The molecule has 0 heterocycles. The summed E-state index contributed by atoms with van der Waals surface area (Å²) in [5, 5.41) is 9.17. The minimum absolute atomic E-state index is 0.0491. The normalized spacial score (nSPS) is 16.5. The number of hydrogen-bond donors (Lipinski definition) is 0. The SMILES string of the molecule is CN(Cc1ccccc1Br)C(=O)C1(C#N)CCC1. The first-order chi connectivity index (χ1) is 8.59. The zero-order valence-electron chi connectivity index (χ0n) is 10.3. The Kier molecular flexibility index (Phi) is 3.72. The molecule has 0 bridgehead atoms. The van der Waals surface area contributed by atoms with Crippen molar-refractivity contribution in [1.82, 2.24) is 4.90 Å². The van der Waals surface area contributed by atoms with E-state index in [1.54, 1.807) is 11.9 Å². The molecule has 0 N–H and O–H groups in total. The van der Waals surface area contributed by atoms with E-state index in [9.17, 15) is 4.79 Å². The van der Waals surface area contributed by atoms with E-state index in [4.69, 9.17) is 5.26 Å². The molecule has 1 saturated carbocycles. The number of rotatable bonds is 3. The third kappa shape index (κ3) is 2.28. The summed E-state index contributed by atoms with van der Waals surface area (Å²) in [5.41, 5.74) is 0.302. The van der Waals surface area contributed by atoms with Gasteiger partial charge in [0, 0.05) is 18.1 Å². The molecular formula is C14H15BrN2O. The molecule has 3 nitrogen and oxygen atoms in total. The first-order valence-electron chi connectivity index (χ1n) is 5.99. The van der Waals surface area contributed by atoms with E-state index >= 15 is 0 Å². The molecule has 0 aromatic heterocycles. The van der Waals surface area contributed by atoms with E-state index in [0.717, 1.165) is 16.5 Å². The Bertz CT molecular complexity index is 503. The predicted molar refractivity (Wildman–Crippen MR) is 72.5 cm³/mol. The highest BCUT2D eigenvalue weighted by Crippen LogP contribution is 2.41. The predicted octanol–water partition coefficient (Wildman–Crippen LogP) is 3.10. The summed E-state index contributed by atoms with van der Waals surface area (Å²) < 4.78 is 0.990. The molecule has 0 radical (unpaired) electrons. The van der Waals surface area contributed by atoms with Gasteiger partial charge in [0.25, 0.3) is 0 Å². The fourth-order valence-corrected chi connectivity index (χ4v) is 2.63. The zero-order valence-corrected chi connectivity index (χ0v) is 11.9. The maximum Gasteiger partial charge on any atom is 0.243 e. The van der Waals surface area contributed by atoms with E-state index in [0.29, 0.717) is 19.4 Å². The van der Waals surface area contributed by atoms with Crippen molar-refractivity contribution in [3.8, 4) is 6.07 Å². The van der Waals surface area contributed by atoms with Crippen LogP contribution in [0.1, 0.15) is 24.8 Å². The quantitative estimate of drug-likeness (QED) is 0.861. The lowest BCUT2D eigenvalue weighted by atomic mass is 9.69. The largest absolute Gasteiger partial charge is 0.340 e. The molecule has 94 valence electrons. The molecule has 1 amide bonds. The Labute approximate surface area is 116 Å². The first kappa shape index (κ1) is 13.1. The Hall–Kier alpha value is -1.34. The van der Waals surface area contributed by atoms with Crippen LogP contribution in [0.25, 0.3) is 0 Å². The Morgan fingerprint density at radius 1 is 1.50 bits per heavy atom. The van der Waals surface area contributed by atoms with Gasteiger partial charge in [-0.05, 0) is 30.9 Å². The number of nitriles is 1. The van der Waals surface area contributed by atoms with Crippen molar-refractivity contribution in [2.75, 3.05) is 7.05 Å². The third-order valence-electron chi connectivity index (χ3n) is 3.54. The highest BCUT2D eigenvalue weighted by molar-refractivity contribution is 9.10. The smallest absolute Gasteiger partial charge is 0.243 e. The van der Waals surface area contributed by atoms with Crippen LogP contribution in [0, 0.1) is 16.7 Å². The minimum Gasteiger partial charge on any atom is -0.340 e. The fraction of sp³-hybridized carbons (Fsp3) is 0.429. The van der Waals surface area contributed by atoms with Crippen molar-refractivity contribution < 1.29 is 4.79 Å². The number of carbonyl (C=O) groups excluding carboxylic acids is 1. The second-order valence-electron chi connectivity index (χ2n) is 4.80. The molecule has 0 spiro atoms. The molecule has 4 heteroatoms. The van der Waals surface area contributed by atoms with Gasteiger partial charge in [-0.2, -0.15) is 5.26 Å². The minimum atomic E-state index is -0.754. The third-order valence-corrected chi connectivity index (χ3v) is 4.32. The molecule has 1 aromatic carbocycles. The van der Waals surface area contributed by atoms with Crippen LogP contribution in [0.4, 0.5) is 0 Å². The Morgan fingerprint density at radius 2 is 2.17 bits per heavy atom. The Balaban J connectivity index is 2.09. The van der Waals surface area contributed by atoms with Crippen LogP contribution in [-0.4, -0.2) is 17.9 Å². The summed E-state index contributed by atoms with van der Waals surface area (Å²) in [6.45, 7) is 0.531. The van der Waals surface area contributed by atoms with E-state index in [1.807, 2.05) is 24.3 Å². The lowest BCUT2D eigenvalue weighted by Crippen LogP contribution is -2.45. The van der Waals surface area contributed by atoms with Crippen LogP contribution in [0.15, 0.2) is 28.7 Å². The summed E-state index contributed by atoms with van der Waals surface area (Å²) in [6.07, 6.45) is 2.37. The molecule has 0 atom stereocenters. The van der Waals surface area contributed by atoms with Gasteiger partial charge in [-0.25, -0.2) is 0 Å². The highest BCUT2D eigenvalue weighted by atomic mass is 79.9. The zero-order chi connectivity index (χ0) is 13.2. The number of carbonyl (C=O) groups is 1. The van der Waals surface area contributed by atoms with Crippen molar-refractivity contribution in [3.63, 3.8) is 0 Å². The van der Waals surface area contributed by atoms with Gasteiger partial charge in [0.2, 0.25) is 5.91 Å². The fourth-order valence-electron chi connectivity index (χ4n) is 2.22. The second kappa shape index (κ2) is 5.11. The van der Waals surface area contributed by atoms with E-state index in [1.165, 1.54) is 0 Å². The maximum atomic E-state index is 12.3. The van der Waals surface area contributed by atoms with Gasteiger partial charge in [-0.1, -0.05) is 34.1 Å². The second-order valence-corrected chi connectivity index (χ2v) is 5.65. The van der Waals surface area contributed by atoms with Gasteiger partial charge in [-0.3, -0.25) is 4.79 Å². The number of benzene rings is 1. The molecule has 1 aliphatic rings. The number of hydrogen-bond acceptors (Lipinski definition) is 2. The van der Waals surface area contributed by atoms with Crippen molar-refractivity contribution in [3.05, 3.63) is 34.3 Å². The van der Waals surface area contributed by atoms with Crippen LogP contribution < -0.4 is 0 Å².